The predicted octanol–water partition coefficient (Wildman–Crippen LogP) is 2.30. The van der Waals surface area contributed by atoms with E-state index in [2.05, 4.69) is 15.4 Å². The molecule has 4 rings (SSSR count). The van der Waals surface area contributed by atoms with E-state index in [1.165, 1.54) is 4.68 Å². The van der Waals surface area contributed by atoms with Crippen LogP contribution in [0, 0.1) is 13.8 Å². The summed E-state index contributed by atoms with van der Waals surface area (Å²) in [4.78, 5) is 29.1. The quantitative estimate of drug-likeness (QED) is 0.616. The molecule has 1 amide bonds. The van der Waals surface area contributed by atoms with Gasteiger partial charge in [0.1, 0.15) is 12.4 Å². The Balaban J connectivity index is 1.76. The van der Waals surface area contributed by atoms with Crippen molar-refractivity contribution in [3.05, 3.63) is 70.3 Å². The molecule has 0 saturated heterocycles. The Morgan fingerprint density at radius 3 is 2.77 bits per heavy atom. The van der Waals surface area contributed by atoms with Crippen molar-refractivity contribution in [2.75, 3.05) is 5.32 Å². The number of rotatable bonds is 3. The Labute approximate surface area is 148 Å². The molecule has 0 saturated carbocycles. The van der Waals surface area contributed by atoms with Crippen LogP contribution in [0.1, 0.15) is 11.1 Å². The van der Waals surface area contributed by atoms with E-state index in [1.54, 1.807) is 28.8 Å². The zero-order valence-electron chi connectivity index (χ0n) is 14.4. The molecule has 3 aromatic heterocycles. The minimum atomic E-state index is -0.355. The van der Waals surface area contributed by atoms with E-state index in [0.717, 1.165) is 22.0 Å². The fourth-order valence-corrected chi connectivity index (χ4v) is 3.03. The van der Waals surface area contributed by atoms with Crippen LogP contribution in [0.25, 0.3) is 16.6 Å². The third kappa shape index (κ3) is 2.73. The highest BCUT2D eigenvalue weighted by Gasteiger charge is 2.15. The Bertz CT molecular complexity index is 1190. The minimum absolute atomic E-state index is 0.177. The van der Waals surface area contributed by atoms with Gasteiger partial charge in [-0.15, -0.1) is 5.10 Å². The zero-order valence-corrected chi connectivity index (χ0v) is 14.4. The first-order chi connectivity index (χ1) is 12.5. The molecule has 0 aliphatic carbocycles. The Hall–Kier alpha value is -3.48. The average Bonchev–Trinajstić information content (AvgIpc) is 2.93. The molecule has 130 valence electrons. The van der Waals surface area contributed by atoms with E-state index in [0.29, 0.717) is 11.5 Å². The molecule has 0 unspecified atom stereocenters. The van der Waals surface area contributed by atoms with E-state index >= 15 is 0 Å². The molecule has 7 heteroatoms. The number of anilines is 1. The smallest absolute Gasteiger partial charge is 0.309 e. The summed E-state index contributed by atoms with van der Waals surface area (Å²) in [6, 6.07) is 13.1. The van der Waals surface area contributed by atoms with E-state index in [1.807, 2.05) is 38.1 Å². The summed E-state index contributed by atoms with van der Waals surface area (Å²) >= 11 is 0. The van der Waals surface area contributed by atoms with Gasteiger partial charge in [-0.05, 0) is 55.1 Å². The van der Waals surface area contributed by atoms with Gasteiger partial charge in [0, 0.05) is 6.20 Å². The molecule has 0 spiro atoms. The van der Waals surface area contributed by atoms with Crippen molar-refractivity contribution in [2.45, 2.75) is 20.4 Å². The van der Waals surface area contributed by atoms with Gasteiger partial charge < -0.3 is 5.32 Å². The predicted molar refractivity (Wildman–Crippen MR) is 99.3 cm³/mol. The van der Waals surface area contributed by atoms with Gasteiger partial charge >= 0.3 is 5.69 Å². The number of hydrogen-bond acceptors (Lipinski definition) is 4. The molecule has 1 N–H and O–H groups in total. The number of hydrogen-bond donors (Lipinski definition) is 1. The summed E-state index contributed by atoms with van der Waals surface area (Å²) in [5, 5.41) is 7.98. The Morgan fingerprint density at radius 2 is 2.00 bits per heavy atom. The molecule has 0 radical (unpaired) electrons. The van der Waals surface area contributed by atoms with Crippen molar-refractivity contribution in [1.29, 1.82) is 0 Å². The molecule has 0 bridgehead atoms. The third-order valence-corrected chi connectivity index (χ3v) is 4.21. The standard InChI is InChI=1S/C19H17N5O2/c1-12-6-7-15-14(9-12)10-13(2)18-22-23(19(26)24(15)18)11-17(25)21-16-5-3-4-8-20-16/h3-10H,11H2,1-2H3,(H,20,21,25). The molecule has 0 aliphatic rings. The molecule has 4 aromatic rings. The number of carbonyl (C=O) groups is 1. The summed E-state index contributed by atoms with van der Waals surface area (Å²) in [6.45, 7) is 3.73. The summed E-state index contributed by atoms with van der Waals surface area (Å²) in [6.07, 6.45) is 1.59. The summed E-state index contributed by atoms with van der Waals surface area (Å²) in [7, 11) is 0. The lowest BCUT2D eigenvalue weighted by atomic mass is 10.1. The first-order valence-electron chi connectivity index (χ1n) is 8.23. The number of carbonyl (C=O) groups excluding carboxylic acids is 1. The lowest BCUT2D eigenvalue weighted by Gasteiger charge is -2.04. The zero-order chi connectivity index (χ0) is 18.3. The van der Waals surface area contributed by atoms with Gasteiger partial charge in [0.25, 0.3) is 0 Å². The second-order valence-electron chi connectivity index (χ2n) is 6.25. The van der Waals surface area contributed by atoms with E-state index in [-0.39, 0.29) is 18.1 Å². The van der Waals surface area contributed by atoms with Crippen LogP contribution >= 0.6 is 0 Å². The van der Waals surface area contributed by atoms with Gasteiger partial charge in [0.2, 0.25) is 5.91 Å². The summed E-state index contributed by atoms with van der Waals surface area (Å²) in [5.41, 5.74) is 2.99. The fourth-order valence-electron chi connectivity index (χ4n) is 3.03. The van der Waals surface area contributed by atoms with Gasteiger partial charge in [-0.25, -0.2) is 18.9 Å². The van der Waals surface area contributed by atoms with Crippen molar-refractivity contribution in [3.63, 3.8) is 0 Å². The molecule has 7 nitrogen and oxygen atoms in total. The van der Waals surface area contributed by atoms with Crippen LogP contribution < -0.4 is 11.0 Å². The number of fused-ring (bicyclic) bond motifs is 3. The Morgan fingerprint density at radius 1 is 1.15 bits per heavy atom. The number of nitrogens with one attached hydrogen (secondary N) is 1. The lowest BCUT2D eigenvalue weighted by molar-refractivity contribution is -0.117. The van der Waals surface area contributed by atoms with E-state index in [9.17, 15) is 9.59 Å². The number of benzene rings is 1. The molecule has 3 heterocycles. The number of aryl methyl sites for hydroxylation is 2. The second kappa shape index (κ2) is 6.11. The van der Waals surface area contributed by atoms with Gasteiger partial charge in [-0.1, -0.05) is 17.7 Å². The molecule has 0 fully saturated rings. The maximum Gasteiger partial charge on any atom is 0.351 e. The van der Waals surface area contributed by atoms with Crippen molar-refractivity contribution < 1.29 is 4.79 Å². The number of aromatic nitrogens is 4. The highest BCUT2D eigenvalue weighted by Crippen LogP contribution is 2.19. The van der Waals surface area contributed by atoms with Crippen LogP contribution in [-0.4, -0.2) is 25.1 Å². The molecular weight excluding hydrogens is 330 g/mol. The van der Waals surface area contributed by atoms with Crippen LogP contribution in [0.2, 0.25) is 0 Å². The fraction of sp³-hybridized carbons (Fsp3) is 0.158. The van der Waals surface area contributed by atoms with Crippen LogP contribution in [0.4, 0.5) is 5.82 Å². The average molecular weight is 347 g/mol. The topological polar surface area (TPSA) is 81.3 Å². The number of pyridine rings is 2. The van der Waals surface area contributed by atoms with Crippen molar-refractivity contribution in [2.24, 2.45) is 0 Å². The van der Waals surface area contributed by atoms with Gasteiger partial charge in [0.05, 0.1) is 5.52 Å². The number of amides is 1. The van der Waals surface area contributed by atoms with Crippen LogP contribution in [0.15, 0.2) is 53.5 Å². The molecule has 0 aliphatic heterocycles. The van der Waals surface area contributed by atoms with Crippen molar-refractivity contribution in [1.82, 2.24) is 19.2 Å². The highest BCUT2D eigenvalue weighted by atomic mass is 16.2. The van der Waals surface area contributed by atoms with E-state index < -0.39 is 0 Å². The SMILES string of the molecule is Cc1ccc2c(c1)cc(C)c1nn(CC(=O)Nc3ccccn3)c(=O)n12. The maximum atomic E-state index is 12.8. The van der Waals surface area contributed by atoms with Crippen molar-refractivity contribution >= 4 is 28.3 Å². The molecule has 26 heavy (non-hydrogen) atoms. The summed E-state index contributed by atoms with van der Waals surface area (Å²) < 4.78 is 2.73. The Kier molecular flexibility index (Phi) is 3.76. The first kappa shape index (κ1) is 16.0. The largest absolute Gasteiger partial charge is 0.351 e. The van der Waals surface area contributed by atoms with Crippen LogP contribution in [-0.2, 0) is 11.3 Å². The summed E-state index contributed by atoms with van der Waals surface area (Å²) in [5.74, 6) is 0.0819. The normalized spacial score (nSPS) is 11.2. The van der Waals surface area contributed by atoms with Gasteiger partial charge in [-0.2, -0.15) is 0 Å². The second-order valence-corrected chi connectivity index (χ2v) is 6.25. The van der Waals surface area contributed by atoms with Gasteiger partial charge in [-0.3, -0.25) is 4.79 Å². The highest BCUT2D eigenvalue weighted by molar-refractivity contribution is 5.89. The lowest BCUT2D eigenvalue weighted by Crippen LogP contribution is -2.28. The van der Waals surface area contributed by atoms with Crippen LogP contribution in [0.3, 0.4) is 0 Å². The minimum Gasteiger partial charge on any atom is -0.309 e. The van der Waals surface area contributed by atoms with E-state index in [4.69, 9.17) is 0 Å². The monoisotopic (exact) mass is 347 g/mol. The van der Waals surface area contributed by atoms with Crippen LogP contribution in [0.5, 0.6) is 0 Å². The third-order valence-electron chi connectivity index (χ3n) is 4.21. The van der Waals surface area contributed by atoms with Crippen molar-refractivity contribution in [3.8, 4) is 0 Å². The molecule has 0 atom stereocenters. The number of nitrogens with zero attached hydrogens (tertiary/aromatic N) is 4. The molecular formula is C19H17N5O2. The van der Waals surface area contributed by atoms with Gasteiger partial charge in [0.15, 0.2) is 5.65 Å². The molecule has 1 aromatic carbocycles. The first-order valence-corrected chi connectivity index (χ1v) is 8.23. The maximum absolute atomic E-state index is 12.8.